The van der Waals surface area contributed by atoms with Gasteiger partial charge in [0.15, 0.2) is 0 Å². The predicted molar refractivity (Wildman–Crippen MR) is 92.8 cm³/mol. The summed E-state index contributed by atoms with van der Waals surface area (Å²) in [5, 5.41) is 10.5. The number of benzene rings is 1. The summed E-state index contributed by atoms with van der Waals surface area (Å²) in [5.74, 6) is 3.13. The largest absolute Gasteiger partial charge is 0.490 e. The van der Waals surface area contributed by atoms with Gasteiger partial charge in [0.05, 0.1) is 6.10 Å². The van der Waals surface area contributed by atoms with Crippen LogP contribution >= 0.6 is 0 Å². The fraction of sp³-hybridized carbons (Fsp3) is 0.619. The van der Waals surface area contributed by atoms with Crippen LogP contribution in [0.15, 0.2) is 30.9 Å². The van der Waals surface area contributed by atoms with Crippen LogP contribution in [0.25, 0.3) is 0 Å². The Bertz CT molecular complexity index is 608. The van der Waals surface area contributed by atoms with Crippen molar-refractivity contribution in [3.63, 3.8) is 0 Å². The van der Waals surface area contributed by atoms with E-state index in [0.29, 0.717) is 18.4 Å². The maximum absolute atomic E-state index is 10.5. The Hall–Kier alpha value is -1.28. The molecule has 2 fully saturated rings. The Morgan fingerprint density at radius 2 is 2.17 bits per heavy atom. The molecule has 2 saturated carbocycles. The number of aryl methyl sites for hydroxylation is 1. The van der Waals surface area contributed by atoms with Gasteiger partial charge in [0.25, 0.3) is 0 Å². The molecule has 2 nitrogen and oxygen atoms in total. The summed E-state index contributed by atoms with van der Waals surface area (Å²) in [6, 6.07) is 6.67. The quantitative estimate of drug-likeness (QED) is 0.835. The van der Waals surface area contributed by atoms with Gasteiger partial charge in [-0.05, 0) is 85.0 Å². The number of hydrogen-bond donors (Lipinski definition) is 1. The summed E-state index contributed by atoms with van der Waals surface area (Å²) >= 11 is 0. The van der Waals surface area contributed by atoms with E-state index >= 15 is 0 Å². The van der Waals surface area contributed by atoms with Gasteiger partial charge in [-0.2, -0.15) is 0 Å². The molecule has 1 aromatic carbocycles. The minimum absolute atomic E-state index is 0.0791. The van der Waals surface area contributed by atoms with Gasteiger partial charge in [-0.15, -0.1) is 0 Å². The highest BCUT2D eigenvalue weighted by Crippen LogP contribution is 2.60. The third kappa shape index (κ3) is 2.34. The van der Waals surface area contributed by atoms with Crippen molar-refractivity contribution in [2.75, 3.05) is 6.61 Å². The first-order valence-electron chi connectivity index (χ1n) is 9.18. The van der Waals surface area contributed by atoms with Crippen molar-refractivity contribution < 1.29 is 9.84 Å². The lowest BCUT2D eigenvalue weighted by Crippen LogP contribution is -2.43. The second kappa shape index (κ2) is 5.66. The average molecular weight is 312 g/mol. The van der Waals surface area contributed by atoms with Crippen molar-refractivity contribution in [2.45, 2.75) is 57.5 Å². The number of fused-ring (bicyclic) bond motifs is 5. The molecule has 23 heavy (non-hydrogen) atoms. The van der Waals surface area contributed by atoms with Crippen molar-refractivity contribution in [3.05, 3.63) is 42.0 Å². The molecule has 124 valence electrons. The van der Waals surface area contributed by atoms with Gasteiger partial charge in [-0.3, -0.25) is 0 Å². The smallest absolute Gasteiger partial charge is 0.120 e. The Morgan fingerprint density at radius 3 is 3.00 bits per heavy atom. The molecule has 0 amide bonds. The Kier molecular flexibility index (Phi) is 3.76. The standard InChI is InChI=1S/C21H28O2/c1-3-12-23-15-5-7-16-14(13-15)4-6-18-17(16)10-11-21(2)19(18)8-9-20(21)22/h3,5,7,13,17-20,22H,1,4,6,8-12H2,2H3. The van der Waals surface area contributed by atoms with Crippen LogP contribution < -0.4 is 4.74 Å². The summed E-state index contributed by atoms with van der Waals surface area (Å²) in [6.45, 7) is 6.63. The van der Waals surface area contributed by atoms with Gasteiger partial charge in [0.2, 0.25) is 0 Å². The lowest BCUT2D eigenvalue weighted by Gasteiger charge is -2.50. The lowest BCUT2D eigenvalue weighted by molar-refractivity contribution is -0.0226. The van der Waals surface area contributed by atoms with Crippen LogP contribution in [-0.2, 0) is 6.42 Å². The Balaban J connectivity index is 1.61. The molecule has 5 atom stereocenters. The first-order valence-corrected chi connectivity index (χ1v) is 9.18. The van der Waals surface area contributed by atoms with E-state index in [2.05, 4.69) is 31.7 Å². The van der Waals surface area contributed by atoms with Crippen molar-refractivity contribution >= 4 is 0 Å². The predicted octanol–water partition coefficient (Wildman–Crippen LogP) is 4.47. The van der Waals surface area contributed by atoms with Crippen LogP contribution in [-0.4, -0.2) is 17.8 Å². The molecule has 0 aromatic heterocycles. The molecule has 0 spiro atoms. The zero-order valence-electron chi connectivity index (χ0n) is 14.1. The van der Waals surface area contributed by atoms with Gasteiger partial charge in [0.1, 0.15) is 12.4 Å². The number of hydrogen-bond acceptors (Lipinski definition) is 2. The Morgan fingerprint density at radius 1 is 1.30 bits per heavy atom. The average Bonchev–Trinajstić information content (AvgIpc) is 2.88. The van der Waals surface area contributed by atoms with E-state index in [1.807, 2.05) is 0 Å². The third-order valence-corrected chi connectivity index (χ3v) is 7.02. The van der Waals surface area contributed by atoms with Gasteiger partial charge in [-0.1, -0.05) is 25.6 Å². The molecule has 0 bridgehead atoms. The van der Waals surface area contributed by atoms with E-state index in [9.17, 15) is 5.11 Å². The van der Waals surface area contributed by atoms with Crippen LogP contribution in [0.4, 0.5) is 0 Å². The number of ether oxygens (including phenoxy) is 1. The maximum atomic E-state index is 10.5. The van der Waals surface area contributed by atoms with Gasteiger partial charge in [-0.25, -0.2) is 0 Å². The van der Waals surface area contributed by atoms with Crippen molar-refractivity contribution in [1.82, 2.24) is 0 Å². The summed E-state index contributed by atoms with van der Waals surface area (Å²) in [5.41, 5.74) is 3.21. The van der Waals surface area contributed by atoms with Crippen molar-refractivity contribution in [1.29, 1.82) is 0 Å². The third-order valence-electron chi connectivity index (χ3n) is 7.02. The van der Waals surface area contributed by atoms with Crippen LogP contribution in [0, 0.1) is 17.3 Å². The highest BCUT2D eigenvalue weighted by Gasteiger charge is 2.54. The van der Waals surface area contributed by atoms with E-state index in [1.54, 1.807) is 11.6 Å². The fourth-order valence-corrected chi connectivity index (χ4v) is 5.78. The van der Waals surface area contributed by atoms with Crippen molar-refractivity contribution in [3.8, 4) is 5.75 Å². The SMILES string of the molecule is C=CCOc1ccc2c(c1)CCC1C2CCC2(C)C(O)CCC12. The minimum Gasteiger partial charge on any atom is -0.490 e. The van der Waals surface area contributed by atoms with Crippen LogP contribution in [0.2, 0.25) is 0 Å². The van der Waals surface area contributed by atoms with Crippen LogP contribution in [0.5, 0.6) is 5.75 Å². The maximum Gasteiger partial charge on any atom is 0.120 e. The molecule has 5 unspecified atom stereocenters. The van der Waals surface area contributed by atoms with Gasteiger partial charge < -0.3 is 9.84 Å². The second-order valence-corrected chi connectivity index (χ2v) is 8.01. The molecule has 4 rings (SSSR count). The van der Waals surface area contributed by atoms with E-state index < -0.39 is 0 Å². The molecule has 0 radical (unpaired) electrons. The zero-order valence-corrected chi connectivity index (χ0v) is 14.1. The van der Waals surface area contributed by atoms with E-state index in [1.165, 1.54) is 31.2 Å². The van der Waals surface area contributed by atoms with E-state index in [4.69, 9.17) is 4.74 Å². The topological polar surface area (TPSA) is 29.5 Å². The molecular weight excluding hydrogens is 284 g/mol. The van der Waals surface area contributed by atoms with Crippen LogP contribution in [0.3, 0.4) is 0 Å². The number of rotatable bonds is 3. The summed E-state index contributed by atoms with van der Waals surface area (Å²) in [6.07, 6.45) is 8.77. The van der Waals surface area contributed by atoms with E-state index in [0.717, 1.165) is 24.5 Å². The number of aliphatic hydroxyl groups excluding tert-OH is 1. The molecule has 3 aliphatic rings. The highest BCUT2D eigenvalue weighted by molar-refractivity contribution is 5.40. The monoisotopic (exact) mass is 312 g/mol. The van der Waals surface area contributed by atoms with Gasteiger partial charge in [0, 0.05) is 0 Å². The summed E-state index contributed by atoms with van der Waals surface area (Å²) < 4.78 is 5.71. The normalized spacial score (nSPS) is 38.3. The highest BCUT2D eigenvalue weighted by atomic mass is 16.5. The second-order valence-electron chi connectivity index (χ2n) is 8.01. The summed E-state index contributed by atoms with van der Waals surface area (Å²) in [7, 11) is 0. The summed E-state index contributed by atoms with van der Waals surface area (Å²) in [4.78, 5) is 0. The molecule has 1 N–H and O–H groups in total. The van der Waals surface area contributed by atoms with Crippen LogP contribution in [0.1, 0.15) is 56.1 Å². The minimum atomic E-state index is -0.0791. The molecule has 1 aromatic rings. The molecule has 3 aliphatic carbocycles. The number of aliphatic hydroxyl groups is 1. The molecular formula is C21H28O2. The Labute approximate surface area is 139 Å². The van der Waals surface area contributed by atoms with Crippen molar-refractivity contribution in [2.24, 2.45) is 17.3 Å². The first-order chi connectivity index (χ1) is 11.1. The lowest BCUT2D eigenvalue weighted by atomic mass is 9.55. The zero-order chi connectivity index (χ0) is 16.0. The first kappa shape index (κ1) is 15.3. The molecule has 0 heterocycles. The molecule has 0 saturated heterocycles. The molecule has 2 heteroatoms. The van der Waals surface area contributed by atoms with E-state index in [-0.39, 0.29) is 11.5 Å². The fourth-order valence-electron chi connectivity index (χ4n) is 5.78. The van der Waals surface area contributed by atoms with Gasteiger partial charge >= 0.3 is 0 Å². The molecule has 0 aliphatic heterocycles.